The monoisotopic (exact) mass is 582 g/mol. The standard InChI is InChI=1S/C30H31FN2O7S/c1-30(2)14-13-22-25(36-3)12-11-21(28(22)40-30)23-17-24(18-15-26(37-4)29(39-6)27(16-18)38-5)33(32-23)41(34,35)20-9-7-19(31)8-10-20/h7-16,24H,17H2,1-6H3. The van der Waals surface area contributed by atoms with Crippen molar-refractivity contribution in [3.8, 4) is 28.7 Å². The molecule has 0 aliphatic carbocycles. The highest BCUT2D eigenvalue weighted by Crippen LogP contribution is 2.47. The molecule has 11 heteroatoms. The van der Waals surface area contributed by atoms with E-state index in [0.29, 0.717) is 45.6 Å². The number of hydrogen-bond acceptors (Lipinski definition) is 8. The molecule has 9 nitrogen and oxygen atoms in total. The fraction of sp³-hybridized carbons (Fsp3) is 0.300. The lowest BCUT2D eigenvalue weighted by atomic mass is 9.94. The normalized spacial score (nSPS) is 17.4. The molecule has 1 atom stereocenters. The van der Waals surface area contributed by atoms with Crippen LogP contribution in [0.1, 0.15) is 43.0 Å². The molecule has 0 spiro atoms. The molecule has 0 N–H and O–H groups in total. The van der Waals surface area contributed by atoms with Crippen LogP contribution < -0.4 is 23.7 Å². The fourth-order valence-corrected chi connectivity index (χ4v) is 6.40. The molecule has 1 unspecified atom stereocenters. The maximum absolute atomic E-state index is 14.0. The molecule has 0 fully saturated rings. The van der Waals surface area contributed by atoms with Crippen LogP contribution in [0.2, 0.25) is 0 Å². The van der Waals surface area contributed by atoms with Gasteiger partial charge in [-0.25, -0.2) is 4.39 Å². The number of halogens is 1. The van der Waals surface area contributed by atoms with Gasteiger partial charge in [-0.2, -0.15) is 17.9 Å². The summed E-state index contributed by atoms with van der Waals surface area (Å²) in [7, 11) is 1.82. The zero-order valence-electron chi connectivity index (χ0n) is 23.6. The van der Waals surface area contributed by atoms with E-state index in [-0.39, 0.29) is 11.3 Å². The Kier molecular flexibility index (Phi) is 7.33. The van der Waals surface area contributed by atoms with E-state index in [9.17, 15) is 12.8 Å². The molecular weight excluding hydrogens is 551 g/mol. The molecule has 2 aliphatic heterocycles. The highest BCUT2D eigenvalue weighted by Gasteiger charge is 2.40. The molecule has 2 heterocycles. The van der Waals surface area contributed by atoms with E-state index >= 15 is 0 Å². The number of hydrazone groups is 1. The highest BCUT2D eigenvalue weighted by molar-refractivity contribution is 7.89. The maximum atomic E-state index is 14.0. The van der Waals surface area contributed by atoms with Gasteiger partial charge >= 0.3 is 0 Å². The molecule has 41 heavy (non-hydrogen) atoms. The molecule has 216 valence electrons. The molecule has 3 aromatic carbocycles. The van der Waals surface area contributed by atoms with Crippen LogP contribution in [0.4, 0.5) is 4.39 Å². The minimum absolute atomic E-state index is 0.0987. The topological polar surface area (TPSA) is 95.9 Å². The van der Waals surface area contributed by atoms with E-state index in [1.54, 1.807) is 25.3 Å². The Bertz CT molecular complexity index is 1620. The van der Waals surface area contributed by atoms with Gasteiger partial charge in [-0.05, 0) is 80.1 Å². The van der Waals surface area contributed by atoms with Crippen molar-refractivity contribution >= 4 is 21.8 Å². The van der Waals surface area contributed by atoms with E-state index in [1.807, 2.05) is 32.1 Å². The number of sulfonamides is 1. The van der Waals surface area contributed by atoms with E-state index in [1.165, 1.54) is 33.5 Å². The van der Waals surface area contributed by atoms with Gasteiger partial charge in [0.05, 0.1) is 50.7 Å². The van der Waals surface area contributed by atoms with Crippen LogP contribution in [0.3, 0.4) is 0 Å². The minimum atomic E-state index is -4.22. The summed E-state index contributed by atoms with van der Waals surface area (Å²) in [4.78, 5) is -0.0987. The summed E-state index contributed by atoms with van der Waals surface area (Å²) < 4.78 is 71.2. The summed E-state index contributed by atoms with van der Waals surface area (Å²) in [5.41, 5.74) is 1.80. The number of methoxy groups -OCH3 is 4. The van der Waals surface area contributed by atoms with Crippen LogP contribution in [0, 0.1) is 5.82 Å². The van der Waals surface area contributed by atoms with Crippen LogP contribution in [-0.2, 0) is 10.0 Å². The Morgan fingerprint density at radius 3 is 2.15 bits per heavy atom. The first kappa shape index (κ1) is 28.3. The smallest absolute Gasteiger partial charge is 0.279 e. The second-order valence-corrected chi connectivity index (χ2v) is 11.8. The minimum Gasteiger partial charge on any atom is -0.496 e. The third-order valence-electron chi connectivity index (χ3n) is 7.01. The van der Waals surface area contributed by atoms with Crippen LogP contribution in [-0.4, -0.2) is 52.6 Å². The molecule has 2 aliphatic rings. The van der Waals surface area contributed by atoms with Gasteiger partial charge < -0.3 is 23.7 Å². The van der Waals surface area contributed by atoms with Crippen LogP contribution in [0.25, 0.3) is 6.08 Å². The van der Waals surface area contributed by atoms with Gasteiger partial charge in [0, 0.05) is 12.0 Å². The lowest BCUT2D eigenvalue weighted by Crippen LogP contribution is -2.28. The van der Waals surface area contributed by atoms with Gasteiger partial charge in [-0.3, -0.25) is 0 Å². The van der Waals surface area contributed by atoms with Crippen LogP contribution in [0.5, 0.6) is 28.7 Å². The predicted molar refractivity (Wildman–Crippen MR) is 152 cm³/mol. The van der Waals surface area contributed by atoms with Crippen molar-refractivity contribution in [2.24, 2.45) is 5.10 Å². The number of benzene rings is 3. The highest BCUT2D eigenvalue weighted by atomic mass is 32.2. The molecule has 0 saturated carbocycles. The Labute approximate surface area is 238 Å². The fourth-order valence-electron chi connectivity index (χ4n) is 4.97. The average molecular weight is 583 g/mol. The second-order valence-electron chi connectivity index (χ2n) is 10.1. The Morgan fingerprint density at radius 2 is 1.56 bits per heavy atom. The molecule has 0 bridgehead atoms. The zero-order valence-corrected chi connectivity index (χ0v) is 24.4. The van der Waals surface area contributed by atoms with E-state index < -0.39 is 27.5 Å². The Morgan fingerprint density at radius 1 is 0.927 bits per heavy atom. The number of hydrogen-bond donors (Lipinski definition) is 0. The van der Waals surface area contributed by atoms with Crippen molar-refractivity contribution < 1.29 is 36.5 Å². The molecule has 0 radical (unpaired) electrons. The molecular formula is C30H31FN2O7S. The predicted octanol–water partition coefficient (Wildman–Crippen LogP) is 5.58. The van der Waals surface area contributed by atoms with Crippen molar-refractivity contribution in [2.75, 3.05) is 28.4 Å². The van der Waals surface area contributed by atoms with Gasteiger partial charge in [0.25, 0.3) is 10.0 Å². The quantitative estimate of drug-likeness (QED) is 0.342. The van der Waals surface area contributed by atoms with Crippen LogP contribution >= 0.6 is 0 Å². The van der Waals surface area contributed by atoms with Crippen LogP contribution in [0.15, 0.2) is 64.6 Å². The van der Waals surface area contributed by atoms with Crippen molar-refractivity contribution in [3.63, 3.8) is 0 Å². The molecule has 0 saturated heterocycles. The molecule has 3 aromatic rings. The Balaban J connectivity index is 1.69. The van der Waals surface area contributed by atoms with Crippen molar-refractivity contribution in [3.05, 3.63) is 77.1 Å². The summed E-state index contributed by atoms with van der Waals surface area (Å²) in [6.45, 7) is 3.85. The number of rotatable bonds is 8. The summed E-state index contributed by atoms with van der Waals surface area (Å²) in [6, 6.07) is 10.9. The summed E-state index contributed by atoms with van der Waals surface area (Å²) >= 11 is 0. The maximum Gasteiger partial charge on any atom is 0.279 e. The Hall–Kier alpha value is -4.25. The molecule has 0 amide bonds. The van der Waals surface area contributed by atoms with Gasteiger partial charge in [0.2, 0.25) is 5.75 Å². The summed E-state index contributed by atoms with van der Waals surface area (Å²) in [5.74, 6) is 1.72. The number of fused-ring (bicyclic) bond motifs is 1. The van der Waals surface area contributed by atoms with Crippen molar-refractivity contribution in [1.82, 2.24) is 4.41 Å². The SMILES string of the molecule is COc1ccc(C2=NN(S(=O)(=O)c3ccc(F)cc3)C(c3cc(OC)c(OC)c(OC)c3)C2)c2c1C=CC(C)(C)O2. The lowest BCUT2D eigenvalue weighted by Gasteiger charge is -2.30. The van der Waals surface area contributed by atoms with E-state index in [2.05, 4.69) is 5.10 Å². The number of nitrogens with zero attached hydrogens (tertiary/aromatic N) is 2. The first-order valence-electron chi connectivity index (χ1n) is 12.8. The molecule has 5 rings (SSSR count). The van der Waals surface area contributed by atoms with E-state index in [0.717, 1.165) is 22.1 Å². The van der Waals surface area contributed by atoms with Gasteiger partial charge in [0.1, 0.15) is 22.9 Å². The average Bonchev–Trinajstić information content (AvgIpc) is 3.41. The summed E-state index contributed by atoms with van der Waals surface area (Å²) in [5, 5.41) is 4.66. The third kappa shape index (κ3) is 5.06. The first-order valence-corrected chi connectivity index (χ1v) is 14.2. The summed E-state index contributed by atoms with van der Waals surface area (Å²) in [6.07, 6.45) is 4.06. The van der Waals surface area contributed by atoms with Crippen molar-refractivity contribution in [1.29, 1.82) is 0 Å². The first-order chi connectivity index (χ1) is 19.5. The lowest BCUT2D eigenvalue weighted by molar-refractivity contribution is 0.158. The van der Waals surface area contributed by atoms with Crippen molar-refractivity contribution in [2.45, 2.75) is 36.8 Å². The number of ether oxygens (including phenoxy) is 5. The van der Waals surface area contributed by atoms with E-state index in [4.69, 9.17) is 23.7 Å². The van der Waals surface area contributed by atoms with Gasteiger partial charge in [-0.15, -0.1) is 0 Å². The van der Waals surface area contributed by atoms with Gasteiger partial charge in [0.15, 0.2) is 11.5 Å². The molecule has 0 aromatic heterocycles. The largest absolute Gasteiger partial charge is 0.496 e. The third-order valence-corrected chi connectivity index (χ3v) is 8.70. The zero-order chi connectivity index (χ0) is 29.5. The second kappa shape index (κ2) is 10.6. The van der Waals surface area contributed by atoms with Gasteiger partial charge in [-0.1, -0.05) is 0 Å².